The second-order valence-electron chi connectivity index (χ2n) is 4.81. The normalized spacial score (nSPS) is 10.8. The Bertz CT molecular complexity index is 792. The highest BCUT2D eigenvalue weighted by Gasteiger charge is 2.09. The fourth-order valence-corrected chi connectivity index (χ4v) is 3.04. The highest BCUT2D eigenvalue weighted by molar-refractivity contribution is 7.15. The van der Waals surface area contributed by atoms with E-state index in [4.69, 9.17) is 4.74 Å². The summed E-state index contributed by atoms with van der Waals surface area (Å²) in [5, 5.41) is 9.27. The molecule has 0 spiro atoms. The molecule has 2 aromatic heterocycles. The number of nitrogens with zero attached hydrogens (tertiary/aromatic N) is 3. The Labute approximate surface area is 131 Å². The summed E-state index contributed by atoms with van der Waals surface area (Å²) in [6, 6.07) is 7.04. The Morgan fingerprint density at radius 2 is 2.14 bits per heavy atom. The van der Waals surface area contributed by atoms with Gasteiger partial charge in [-0.2, -0.15) is 5.10 Å². The van der Waals surface area contributed by atoms with Crippen molar-refractivity contribution in [2.24, 2.45) is 0 Å². The molecule has 22 heavy (non-hydrogen) atoms. The van der Waals surface area contributed by atoms with E-state index in [-0.39, 0.29) is 5.91 Å². The molecule has 3 rings (SSSR count). The predicted octanol–water partition coefficient (Wildman–Crippen LogP) is 2.08. The van der Waals surface area contributed by atoms with Gasteiger partial charge in [-0.1, -0.05) is 0 Å². The number of aromatic nitrogens is 3. The van der Waals surface area contributed by atoms with Gasteiger partial charge in [0, 0.05) is 23.9 Å². The van der Waals surface area contributed by atoms with Crippen LogP contribution in [0.2, 0.25) is 0 Å². The number of methoxy groups -OCH3 is 1. The van der Waals surface area contributed by atoms with Crippen LogP contribution in [0, 0.1) is 6.92 Å². The maximum atomic E-state index is 12.1. The van der Waals surface area contributed by atoms with Crippen molar-refractivity contribution in [3.63, 3.8) is 0 Å². The number of carbonyl (C=O) groups excluding carboxylic acids is 1. The van der Waals surface area contributed by atoms with Gasteiger partial charge in [-0.3, -0.25) is 4.79 Å². The fraction of sp³-hybridized carbons (Fsp3) is 0.267. The highest BCUT2D eigenvalue weighted by Crippen LogP contribution is 2.14. The number of fused-ring (bicyclic) bond motifs is 1. The summed E-state index contributed by atoms with van der Waals surface area (Å²) in [4.78, 5) is 17.3. The standard InChI is InChI=1S/C15H16N4O2S/c1-10-17-15-19(18-10)12(9-22-15)7-8-16-14(20)11-3-5-13(21-2)6-4-11/h3-6,9H,7-8H2,1-2H3,(H,16,20). The Morgan fingerprint density at radius 3 is 2.86 bits per heavy atom. The van der Waals surface area contributed by atoms with Crippen molar-refractivity contribution < 1.29 is 9.53 Å². The molecule has 1 N–H and O–H groups in total. The number of carbonyl (C=O) groups is 1. The molecule has 0 saturated heterocycles. The van der Waals surface area contributed by atoms with Crippen LogP contribution in [0.3, 0.4) is 0 Å². The van der Waals surface area contributed by atoms with Gasteiger partial charge < -0.3 is 10.1 Å². The van der Waals surface area contributed by atoms with Crippen LogP contribution in [0.4, 0.5) is 0 Å². The zero-order valence-electron chi connectivity index (χ0n) is 12.4. The van der Waals surface area contributed by atoms with Crippen LogP contribution in [-0.2, 0) is 6.42 Å². The van der Waals surface area contributed by atoms with E-state index in [0.717, 1.165) is 22.2 Å². The maximum absolute atomic E-state index is 12.1. The van der Waals surface area contributed by atoms with Crippen molar-refractivity contribution in [3.05, 3.63) is 46.7 Å². The van der Waals surface area contributed by atoms with E-state index >= 15 is 0 Å². The van der Waals surface area contributed by atoms with Crippen molar-refractivity contribution in [3.8, 4) is 5.75 Å². The van der Waals surface area contributed by atoms with Crippen molar-refractivity contribution in [2.45, 2.75) is 13.3 Å². The number of thiazole rings is 1. The van der Waals surface area contributed by atoms with E-state index in [1.165, 1.54) is 0 Å². The summed E-state index contributed by atoms with van der Waals surface area (Å²) in [6.07, 6.45) is 0.713. The quantitative estimate of drug-likeness (QED) is 0.782. The molecule has 1 aromatic carbocycles. The third-order valence-corrected chi connectivity index (χ3v) is 4.14. The molecule has 0 fully saturated rings. The third-order valence-electron chi connectivity index (χ3n) is 3.27. The molecule has 2 heterocycles. The van der Waals surface area contributed by atoms with Crippen molar-refractivity contribution in [1.82, 2.24) is 19.9 Å². The fourth-order valence-electron chi connectivity index (χ4n) is 2.14. The van der Waals surface area contributed by atoms with Crippen LogP contribution in [0.25, 0.3) is 4.96 Å². The average Bonchev–Trinajstić information content (AvgIpc) is 3.07. The molecule has 0 bridgehead atoms. The maximum Gasteiger partial charge on any atom is 0.251 e. The predicted molar refractivity (Wildman–Crippen MR) is 84.6 cm³/mol. The molecule has 0 atom stereocenters. The first kappa shape index (κ1) is 14.5. The first-order chi connectivity index (χ1) is 10.7. The van der Waals surface area contributed by atoms with Crippen LogP contribution in [-0.4, -0.2) is 34.2 Å². The van der Waals surface area contributed by atoms with Crippen molar-refractivity contribution >= 4 is 22.2 Å². The molecular formula is C15H16N4O2S. The summed E-state index contributed by atoms with van der Waals surface area (Å²) in [5.74, 6) is 1.40. The van der Waals surface area contributed by atoms with Crippen molar-refractivity contribution in [1.29, 1.82) is 0 Å². The number of nitrogens with one attached hydrogen (secondary N) is 1. The summed E-state index contributed by atoms with van der Waals surface area (Å²) in [6.45, 7) is 2.42. The number of hydrogen-bond donors (Lipinski definition) is 1. The molecule has 1 amide bonds. The largest absolute Gasteiger partial charge is 0.497 e. The molecule has 0 saturated carbocycles. The first-order valence-corrected chi connectivity index (χ1v) is 7.77. The number of aryl methyl sites for hydroxylation is 1. The molecular weight excluding hydrogens is 300 g/mol. The second kappa shape index (κ2) is 6.15. The SMILES string of the molecule is COc1ccc(C(=O)NCCc2csc3nc(C)nn23)cc1. The van der Waals surface area contributed by atoms with E-state index in [1.807, 2.05) is 16.8 Å². The Kier molecular flexibility index (Phi) is 4.06. The average molecular weight is 316 g/mol. The summed E-state index contributed by atoms with van der Waals surface area (Å²) < 4.78 is 6.91. The lowest BCUT2D eigenvalue weighted by atomic mass is 10.2. The minimum absolute atomic E-state index is 0.0936. The number of benzene rings is 1. The van der Waals surface area contributed by atoms with Crippen molar-refractivity contribution in [2.75, 3.05) is 13.7 Å². The van der Waals surface area contributed by atoms with Gasteiger partial charge in [0.1, 0.15) is 11.6 Å². The zero-order chi connectivity index (χ0) is 15.5. The van der Waals surface area contributed by atoms with Gasteiger partial charge >= 0.3 is 0 Å². The number of rotatable bonds is 5. The topological polar surface area (TPSA) is 68.5 Å². The molecule has 3 aromatic rings. The van der Waals surface area contributed by atoms with Gasteiger partial charge in [0.15, 0.2) is 0 Å². The molecule has 7 heteroatoms. The molecule has 0 radical (unpaired) electrons. The Morgan fingerprint density at radius 1 is 1.36 bits per heavy atom. The summed E-state index contributed by atoms with van der Waals surface area (Å²) >= 11 is 1.56. The van der Waals surface area contributed by atoms with E-state index in [2.05, 4.69) is 15.4 Å². The van der Waals surface area contributed by atoms with Gasteiger partial charge in [0.2, 0.25) is 4.96 Å². The van der Waals surface area contributed by atoms with Crippen LogP contribution in [0.5, 0.6) is 5.75 Å². The number of amides is 1. The van der Waals surface area contributed by atoms with Crippen LogP contribution >= 0.6 is 11.3 Å². The minimum Gasteiger partial charge on any atom is -0.497 e. The molecule has 114 valence electrons. The van der Waals surface area contributed by atoms with Crippen LogP contribution in [0.15, 0.2) is 29.6 Å². The van der Waals surface area contributed by atoms with E-state index in [0.29, 0.717) is 18.5 Å². The lowest BCUT2D eigenvalue weighted by Crippen LogP contribution is -2.25. The summed E-state index contributed by atoms with van der Waals surface area (Å²) in [5.41, 5.74) is 1.67. The number of ether oxygens (including phenoxy) is 1. The van der Waals surface area contributed by atoms with Crippen LogP contribution < -0.4 is 10.1 Å². The van der Waals surface area contributed by atoms with Gasteiger partial charge in [-0.05, 0) is 31.2 Å². The van der Waals surface area contributed by atoms with E-state index < -0.39 is 0 Å². The smallest absolute Gasteiger partial charge is 0.251 e. The van der Waals surface area contributed by atoms with E-state index in [1.54, 1.807) is 42.7 Å². The summed E-state index contributed by atoms with van der Waals surface area (Å²) in [7, 11) is 1.60. The monoisotopic (exact) mass is 316 g/mol. The zero-order valence-corrected chi connectivity index (χ0v) is 13.2. The second-order valence-corrected chi connectivity index (χ2v) is 5.65. The Balaban J connectivity index is 1.58. The lowest BCUT2D eigenvalue weighted by Gasteiger charge is -2.05. The van der Waals surface area contributed by atoms with Gasteiger partial charge in [0.25, 0.3) is 5.91 Å². The molecule has 0 aliphatic heterocycles. The molecule has 6 nitrogen and oxygen atoms in total. The van der Waals surface area contributed by atoms with Gasteiger partial charge in [-0.25, -0.2) is 9.50 Å². The van der Waals surface area contributed by atoms with E-state index in [9.17, 15) is 4.79 Å². The lowest BCUT2D eigenvalue weighted by molar-refractivity contribution is 0.0954. The molecule has 0 aliphatic rings. The highest BCUT2D eigenvalue weighted by atomic mass is 32.1. The first-order valence-electron chi connectivity index (χ1n) is 6.89. The van der Waals surface area contributed by atoms with Gasteiger partial charge in [-0.15, -0.1) is 11.3 Å². The van der Waals surface area contributed by atoms with Crippen LogP contribution in [0.1, 0.15) is 21.9 Å². The number of hydrogen-bond acceptors (Lipinski definition) is 5. The minimum atomic E-state index is -0.0936. The third kappa shape index (κ3) is 2.94. The Hall–Kier alpha value is -2.41. The molecule has 0 aliphatic carbocycles. The van der Waals surface area contributed by atoms with Gasteiger partial charge in [0.05, 0.1) is 12.8 Å². The molecule has 0 unspecified atom stereocenters.